The van der Waals surface area contributed by atoms with Gasteiger partial charge in [-0.2, -0.15) is 0 Å². The Morgan fingerprint density at radius 1 is 1.22 bits per heavy atom. The van der Waals surface area contributed by atoms with Crippen LogP contribution >= 0.6 is 11.8 Å². The Labute approximate surface area is 112 Å². The van der Waals surface area contributed by atoms with Crippen molar-refractivity contribution >= 4 is 29.3 Å². The molecule has 1 fully saturated rings. The van der Waals surface area contributed by atoms with E-state index in [0.717, 1.165) is 12.2 Å². The van der Waals surface area contributed by atoms with Crippen LogP contribution in [0, 0.1) is 0 Å². The molecule has 2 amide bonds. The van der Waals surface area contributed by atoms with E-state index in [1.54, 1.807) is 11.8 Å². The average molecular weight is 263 g/mol. The molecule has 0 N–H and O–H groups in total. The second-order valence-electron chi connectivity index (χ2n) is 4.24. The maximum atomic E-state index is 12.1. The zero-order valence-electron chi connectivity index (χ0n) is 10.7. The van der Waals surface area contributed by atoms with Crippen molar-refractivity contribution in [2.45, 2.75) is 31.9 Å². The minimum absolute atomic E-state index is 0.0731. The van der Waals surface area contributed by atoms with Crippen LogP contribution < -0.4 is 4.90 Å². The number of hydrogen-bond donors (Lipinski definition) is 0. The molecule has 1 aliphatic heterocycles. The fourth-order valence-electron chi connectivity index (χ4n) is 2.09. The molecule has 1 atom stereocenters. The first kappa shape index (κ1) is 13.1. The molecular weight excluding hydrogens is 246 g/mol. The summed E-state index contributed by atoms with van der Waals surface area (Å²) in [5, 5.41) is -0.201. The predicted molar refractivity (Wildman–Crippen MR) is 74.9 cm³/mol. The molecule has 18 heavy (non-hydrogen) atoms. The number of aryl methyl sites for hydroxylation is 1. The van der Waals surface area contributed by atoms with Crippen molar-refractivity contribution in [1.29, 1.82) is 0 Å². The third-order valence-electron chi connectivity index (χ3n) is 3.08. The molecule has 4 heteroatoms. The van der Waals surface area contributed by atoms with Crippen molar-refractivity contribution in [3.8, 4) is 0 Å². The van der Waals surface area contributed by atoms with Gasteiger partial charge in [-0.05, 0) is 29.9 Å². The van der Waals surface area contributed by atoms with Gasteiger partial charge in [0.25, 0.3) is 0 Å². The lowest BCUT2D eigenvalue weighted by Gasteiger charge is -2.15. The molecule has 2 rings (SSSR count). The Hall–Kier alpha value is -1.29. The van der Waals surface area contributed by atoms with Crippen molar-refractivity contribution in [3.63, 3.8) is 0 Å². The Bertz CT molecular complexity index is 455. The monoisotopic (exact) mass is 263 g/mol. The van der Waals surface area contributed by atoms with Crippen LogP contribution in [0.3, 0.4) is 0 Å². The fraction of sp³-hybridized carbons (Fsp3) is 0.429. The van der Waals surface area contributed by atoms with Gasteiger partial charge in [0.05, 0.1) is 10.9 Å². The van der Waals surface area contributed by atoms with E-state index in [1.807, 2.05) is 31.2 Å². The van der Waals surface area contributed by atoms with Gasteiger partial charge in [-0.25, -0.2) is 4.90 Å². The van der Waals surface area contributed by atoms with E-state index in [1.165, 1.54) is 10.5 Å². The summed E-state index contributed by atoms with van der Waals surface area (Å²) < 4.78 is 0. The van der Waals surface area contributed by atoms with E-state index < -0.39 is 0 Å². The Balaban J connectivity index is 2.21. The van der Waals surface area contributed by atoms with Gasteiger partial charge in [0.15, 0.2) is 0 Å². The molecular formula is C14H17NO2S. The van der Waals surface area contributed by atoms with Crippen LogP contribution in [-0.2, 0) is 16.0 Å². The number of amides is 2. The fourth-order valence-corrected chi connectivity index (χ4v) is 3.00. The number of nitrogens with zero attached hydrogens (tertiary/aromatic N) is 1. The molecule has 0 saturated carbocycles. The molecule has 1 aromatic carbocycles. The van der Waals surface area contributed by atoms with Gasteiger partial charge in [-0.1, -0.05) is 26.0 Å². The Morgan fingerprint density at radius 3 is 2.44 bits per heavy atom. The van der Waals surface area contributed by atoms with E-state index in [4.69, 9.17) is 0 Å². The van der Waals surface area contributed by atoms with Crippen LogP contribution in [0.5, 0.6) is 0 Å². The predicted octanol–water partition coefficient (Wildman–Crippen LogP) is 2.63. The Kier molecular flexibility index (Phi) is 4.07. The molecule has 0 aromatic heterocycles. The van der Waals surface area contributed by atoms with Crippen molar-refractivity contribution in [3.05, 3.63) is 29.8 Å². The van der Waals surface area contributed by atoms with Crippen LogP contribution in [-0.4, -0.2) is 22.8 Å². The molecule has 0 spiro atoms. The molecule has 0 unspecified atom stereocenters. The van der Waals surface area contributed by atoms with E-state index in [-0.39, 0.29) is 17.1 Å². The van der Waals surface area contributed by atoms with E-state index in [2.05, 4.69) is 6.92 Å². The van der Waals surface area contributed by atoms with Gasteiger partial charge >= 0.3 is 0 Å². The number of imide groups is 1. The topological polar surface area (TPSA) is 37.4 Å². The molecule has 96 valence electrons. The van der Waals surface area contributed by atoms with Crippen LogP contribution in [0.4, 0.5) is 5.69 Å². The van der Waals surface area contributed by atoms with Gasteiger partial charge in [0.1, 0.15) is 0 Å². The Morgan fingerprint density at radius 2 is 1.89 bits per heavy atom. The molecule has 0 aliphatic carbocycles. The van der Waals surface area contributed by atoms with Crippen molar-refractivity contribution in [1.82, 2.24) is 0 Å². The highest BCUT2D eigenvalue weighted by Gasteiger charge is 2.39. The summed E-state index contributed by atoms with van der Waals surface area (Å²) in [5.41, 5.74) is 1.90. The summed E-state index contributed by atoms with van der Waals surface area (Å²) in [4.78, 5) is 25.4. The number of thioether (sulfide) groups is 1. The lowest BCUT2D eigenvalue weighted by Crippen LogP contribution is -2.31. The maximum Gasteiger partial charge on any atom is 0.247 e. The summed E-state index contributed by atoms with van der Waals surface area (Å²) in [5.74, 6) is 0.693. The zero-order valence-corrected chi connectivity index (χ0v) is 11.5. The largest absolute Gasteiger partial charge is 0.274 e. The normalized spacial score (nSPS) is 19.7. The van der Waals surface area contributed by atoms with Crippen LogP contribution in [0.15, 0.2) is 24.3 Å². The smallest absolute Gasteiger partial charge is 0.247 e. The van der Waals surface area contributed by atoms with E-state index in [9.17, 15) is 9.59 Å². The highest BCUT2D eigenvalue weighted by atomic mass is 32.2. The van der Waals surface area contributed by atoms with Crippen LogP contribution in [0.25, 0.3) is 0 Å². The van der Waals surface area contributed by atoms with E-state index in [0.29, 0.717) is 12.1 Å². The summed E-state index contributed by atoms with van der Waals surface area (Å²) in [6.07, 6.45) is 1.28. The second-order valence-corrected chi connectivity index (χ2v) is 5.72. The third kappa shape index (κ3) is 2.43. The van der Waals surface area contributed by atoms with Gasteiger partial charge in [0.2, 0.25) is 11.8 Å². The lowest BCUT2D eigenvalue weighted by atomic mass is 10.1. The van der Waals surface area contributed by atoms with Crippen LogP contribution in [0.1, 0.15) is 25.8 Å². The van der Waals surface area contributed by atoms with Gasteiger partial charge in [-0.3, -0.25) is 9.59 Å². The molecule has 0 bridgehead atoms. The number of hydrogen-bond acceptors (Lipinski definition) is 3. The van der Waals surface area contributed by atoms with Crippen molar-refractivity contribution in [2.75, 3.05) is 10.7 Å². The average Bonchev–Trinajstić information content (AvgIpc) is 2.65. The number of rotatable bonds is 4. The minimum atomic E-state index is -0.201. The number of anilines is 1. The molecule has 1 heterocycles. The van der Waals surface area contributed by atoms with Gasteiger partial charge in [0, 0.05) is 6.42 Å². The number of benzene rings is 1. The van der Waals surface area contributed by atoms with Gasteiger partial charge < -0.3 is 0 Å². The first-order chi connectivity index (χ1) is 8.67. The molecule has 0 radical (unpaired) electrons. The minimum Gasteiger partial charge on any atom is -0.274 e. The first-order valence-electron chi connectivity index (χ1n) is 6.24. The van der Waals surface area contributed by atoms with Crippen molar-refractivity contribution in [2.24, 2.45) is 0 Å². The number of carbonyl (C=O) groups is 2. The summed E-state index contributed by atoms with van der Waals surface area (Å²) in [6.45, 7) is 4.08. The SMILES string of the molecule is CCS[C@H]1CC(=O)N(c2ccc(CC)cc2)C1=O. The maximum absolute atomic E-state index is 12.1. The van der Waals surface area contributed by atoms with E-state index >= 15 is 0 Å². The lowest BCUT2D eigenvalue weighted by molar-refractivity contribution is -0.121. The molecule has 3 nitrogen and oxygen atoms in total. The first-order valence-corrected chi connectivity index (χ1v) is 7.29. The van der Waals surface area contributed by atoms with Crippen molar-refractivity contribution < 1.29 is 9.59 Å². The third-order valence-corrected chi connectivity index (χ3v) is 4.18. The highest BCUT2D eigenvalue weighted by molar-refractivity contribution is 8.00. The zero-order chi connectivity index (χ0) is 13.1. The van der Waals surface area contributed by atoms with Crippen LogP contribution in [0.2, 0.25) is 0 Å². The quantitative estimate of drug-likeness (QED) is 0.784. The molecule has 1 saturated heterocycles. The summed E-state index contributed by atoms with van der Waals surface area (Å²) in [6, 6.07) is 7.65. The number of carbonyl (C=O) groups excluding carboxylic acids is 2. The molecule has 1 aromatic rings. The standard InChI is InChI=1S/C14H17NO2S/c1-3-10-5-7-11(8-6-10)15-13(16)9-12(14(15)17)18-4-2/h5-8,12H,3-4,9H2,1-2H3/t12-/m0/s1. The second kappa shape index (κ2) is 5.57. The molecule has 1 aliphatic rings. The summed E-state index contributed by atoms with van der Waals surface area (Å²) in [7, 11) is 0. The highest BCUT2D eigenvalue weighted by Crippen LogP contribution is 2.29. The van der Waals surface area contributed by atoms with Gasteiger partial charge in [-0.15, -0.1) is 11.8 Å². The summed E-state index contributed by atoms with van der Waals surface area (Å²) >= 11 is 1.54.